The Morgan fingerprint density at radius 2 is 1.63 bits per heavy atom. The molecule has 0 aliphatic rings. The number of carbonyl (C=O) groups is 1. The Labute approximate surface area is 199 Å². The third-order valence-corrected chi connectivity index (χ3v) is 5.09. The summed E-state index contributed by atoms with van der Waals surface area (Å²) in [7, 11) is 4.51. The number of benzene rings is 3. The topological polar surface area (TPSA) is 139 Å². The Kier molecular flexibility index (Phi) is 6.58. The molecule has 0 fully saturated rings. The highest BCUT2D eigenvalue weighted by atomic mass is 16.6. The SMILES string of the molecule is COc1cc(-c2noc(-c3ccccc3C(=O)Nc3ccc([N+](=O)[O-])cc3)n2)cc(OC)c1OC. The molecule has 178 valence electrons. The van der Waals surface area contributed by atoms with Crippen LogP contribution in [0.25, 0.3) is 22.8 Å². The van der Waals surface area contributed by atoms with E-state index in [0.717, 1.165) is 0 Å². The molecule has 11 nitrogen and oxygen atoms in total. The second-order valence-corrected chi connectivity index (χ2v) is 7.14. The van der Waals surface area contributed by atoms with E-state index >= 15 is 0 Å². The summed E-state index contributed by atoms with van der Waals surface area (Å²) >= 11 is 0. The first-order chi connectivity index (χ1) is 16.9. The van der Waals surface area contributed by atoms with E-state index in [2.05, 4.69) is 15.5 Å². The number of ether oxygens (including phenoxy) is 3. The maximum Gasteiger partial charge on any atom is 0.269 e. The van der Waals surface area contributed by atoms with Crippen molar-refractivity contribution >= 4 is 17.3 Å². The van der Waals surface area contributed by atoms with Crippen LogP contribution in [0, 0.1) is 10.1 Å². The highest BCUT2D eigenvalue weighted by Crippen LogP contribution is 2.41. The molecule has 1 heterocycles. The van der Waals surface area contributed by atoms with Gasteiger partial charge in [-0.15, -0.1) is 0 Å². The van der Waals surface area contributed by atoms with Crippen molar-refractivity contribution in [2.24, 2.45) is 0 Å². The van der Waals surface area contributed by atoms with Crippen molar-refractivity contribution in [1.29, 1.82) is 0 Å². The van der Waals surface area contributed by atoms with Crippen molar-refractivity contribution in [2.45, 2.75) is 0 Å². The number of nitro benzene ring substituents is 1. The molecule has 1 N–H and O–H groups in total. The van der Waals surface area contributed by atoms with Crippen molar-refractivity contribution < 1.29 is 28.5 Å². The fraction of sp³-hybridized carbons (Fsp3) is 0.125. The number of rotatable bonds is 8. The molecule has 11 heteroatoms. The Balaban J connectivity index is 1.64. The monoisotopic (exact) mass is 476 g/mol. The van der Waals surface area contributed by atoms with Gasteiger partial charge in [-0.2, -0.15) is 4.98 Å². The number of amides is 1. The van der Waals surface area contributed by atoms with Gasteiger partial charge in [-0.05, 0) is 36.4 Å². The number of aromatic nitrogens is 2. The standard InChI is InChI=1S/C24H20N4O7/c1-32-19-12-14(13-20(33-2)21(19)34-3)22-26-24(35-27-22)18-7-5-4-6-17(18)23(29)25-15-8-10-16(11-9-15)28(30)31/h4-13H,1-3H3,(H,25,29). The molecule has 35 heavy (non-hydrogen) atoms. The number of nitrogens with one attached hydrogen (secondary N) is 1. The lowest BCUT2D eigenvalue weighted by molar-refractivity contribution is -0.384. The van der Waals surface area contributed by atoms with Crippen molar-refractivity contribution in [1.82, 2.24) is 10.1 Å². The second kappa shape index (κ2) is 9.91. The summed E-state index contributed by atoms with van der Waals surface area (Å²) in [5, 5.41) is 17.6. The van der Waals surface area contributed by atoms with Crippen LogP contribution in [0.3, 0.4) is 0 Å². The van der Waals surface area contributed by atoms with Crippen molar-refractivity contribution in [3.63, 3.8) is 0 Å². The smallest absolute Gasteiger partial charge is 0.269 e. The fourth-order valence-corrected chi connectivity index (χ4v) is 3.39. The molecule has 0 radical (unpaired) electrons. The molecule has 1 amide bonds. The highest BCUT2D eigenvalue weighted by Gasteiger charge is 2.21. The number of hydrogen-bond acceptors (Lipinski definition) is 9. The largest absolute Gasteiger partial charge is 0.493 e. The number of carbonyl (C=O) groups excluding carboxylic acids is 1. The number of methoxy groups -OCH3 is 3. The van der Waals surface area contributed by atoms with Crippen LogP contribution in [0.15, 0.2) is 65.2 Å². The normalized spacial score (nSPS) is 10.5. The number of anilines is 1. The molecule has 4 rings (SSSR count). The molecule has 3 aromatic carbocycles. The zero-order chi connectivity index (χ0) is 24.9. The van der Waals surface area contributed by atoms with Crippen molar-refractivity contribution in [3.8, 4) is 40.1 Å². The lowest BCUT2D eigenvalue weighted by Crippen LogP contribution is -2.13. The van der Waals surface area contributed by atoms with Crippen LogP contribution in [0.5, 0.6) is 17.2 Å². The zero-order valence-electron chi connectivity index (χ0n) is 19.0. The van der Waals surface area contributed by atoms with E-state index in [1.165, 1.54) is 45.6 Å². The van der Waals surface area contributed by atoms with Crippen LogP contribution >= 0.6 is 0 Å². The van der Waals surface area contributed by atoms with Gasteiger partial charge in [-0.25, -0.2) is 0 Å². The summed E-state index contributed by atoms with van der Waals surface area (Å²) in [6.45, 7) is 0. The average Bonchev–Trinajstić information content (AvgIpc) is 3.38. The summed E-state index contributed by atoms with van der Waals surface area (Å²) in [6.07, 6.45) is 0. The van der Waals surface area contributed by atoms with Gasteiger partial charge in [-0.3, -0.25) is 14.9 Å². The number of nitrogens with zero attached hydrogens (tertiary/aromatic N) is 3. The van der Waals surface area contributed by atoms with Gasteiger partial charge < -0.3 is 24.1 Å². The quantitative estimate of drug-likeness (QED) is 0.286. The molecular weight excluding hydrogens is 456 g/mol. The van der Waals surface area contributed by atoms with Gasteiger partial charge in [0.15, 0.2) is 11.5 Å². The molecule has 4 aromatic rings. The number of non-ortho nitro benzene ring substituents is 1. The first kappa shape index (κ1) is 23.2. The molecule has 0 unspecified atom stereocenters. The minimum Gasteiger partial charge on any atom is -0.493 e. The average molecular weight is 476 g/mol. The molecule has 0 saturated heterocycles. The van der Waals surface area contributed by atoms with Gasteiger partial charge in [0.25, 0.3) is 17.5 Å². The zero-order valence-corrected chi connectivity index (χ0v) is 19.0. The highest BCUT2D eigenvalue weighted by molar-refractivity contribution is 6.08. The lowest BCUT2D eigenvalue weighted by atomic mass is 10.1. The van der Waals surface area contributed by atoms with Crippen LogP contribution in [-0.4, -0.2) is 42.3 Å². The second-order valence-electron chi connectivity index (χ2n) is 7.14. The van der Waals surface area contributed by atoms with Crippen LogP contribution in [-0.2, 0) is 0 Å². The van der Waals surface area contributed by atoms with Gasteiger partial charge >= 0.3 is 0 Å². The Bertz CT molecular complexity index is 1360. The predicted octanol–water partition coefficient (Wildman–Crippen LogP) is 4.59. The van der Waals surface area contributed by atoms with Crippen LogP contribution in [0.2, 0.25) is 0 Å². The van der Waals surface area contributed by atoms with Gasteiger partial charge in [0.2, 0.25) is 11.6 Å². The van der Waals surface area contributed by atoms with E-state index < -0.39 is 10.8 Å². The van der Waals surface area contributed by atoms with E-state index in [0.29, 0.717) is 34.1 Å². The maximum absolute atomic E-state index is 13.0. The summed E-state index contributed by atoms with van der Waals surface area (Å²) in [5.41, 5.74) is 1.58. The molecule has 1 aromatic heterocycles. The third kappa shape index (κ3) is 4.74. The molecule has 0 spiro atoms. The Morgan fingerprint density at radius 1 is 0.971 bits per heavy atom. The van der Waals surface area contributed by atoms with Crippen molar-refractivity contribution in [2.75, 3.05) is 26.6 Å². The summed E-state index contributed by atoms with van der Waals surface area (Å²) in [6, 6.07) is 15.6. The van der Waals surface area contributed by atoms with Crippen LogP contribution < -0.4 is 19.5 Å². The third-order valence-electron chi connectivity index (χ3n) is 5.09. The van der Waals surface area contributed by atoms with E-state index in [4.69, 9.17) is 18.7 Å². The van der Waals surface area contributed by atoms with Gasteiger partial charge in [0, 0.05) is 23.4 Å². The van der Waals surface area contributed by atoms with Crippen LogP contribution in [0.4, 0.5) is 11.4 Å². The van der Waals surface area contributed by atoms with E-state index in [-0.39, 0.29) is 23.0 Å². The first-order valence-corrected chi connectivity index (χ1v) is 10.2. The van der Waals surface area contributed by atoms with Gasteiger partial charge in [0.05, 0.1) is 37.4 Å². The molecule has 0 aliphatic carbocycles. The minimum absolute atomic E-state index is 0.0754. The van der Waals surface area contributed by atoms with Gasteiger partial charge in [-0.1, -0.05) is 17.3 Å². The molecule has 0 atom stereocenters. The first-order valence-electron chi connectivity index (χ1n) is 10.2. The maximum atomic E-state index is 13.0. The van der Waals surface area contributed by atoms with Crippen molar-refractivity contribution in [3.05, 3.63) is 76.3 Å². The Hall–Kier alpha value is -4.93. The molecule has 0 saturated carbocycles. The molecule has 0 bridgehead atoms. The predicted molar refractivity (Wildman–Crippen MR) is 126 cm³/mol. The minimum atomic E-state index is -0.512. The van der Waals surface area contributed by atoms with Crippen LogP contribution in [0.1, 0.15) is 10.4 Å². The summed E-state index contributed by atoms with van der Waals surface area (Å²) in [4.78, 5) is 27.7. The lowest BCUT2D eigenvalue weighted by Gasteiger charge is -2.12. The summed E-state index contributed by atoms with van der Waals surface area (Å²) < 4.78 is 21.6. The molecule has 0 aliphatic heterocycles. The van der Waals surface area contributed by atoms with E-state index in [9.17, 15) is 14.9 Å². The fourth-order valence-electron chi connectivity index (χ4n) is 3.39. The number of nitro groups is 1. The van der Waals surface area contributed by atoms with Gasteiger partial charge in [0.1, 0.15) is 0 Å². The number of hydrogen-bond donors (Lipinski definition) is 1. The van der Waals surface area contributed by atoms with E-state index in [1.807, 2.05) is 0 Å². The molecular formula is C24H20N4O7. The summed E-state index contributed by atoms with van der Waals surface area (Å²) in [5.74, 6) is 1.22. The van der Waals surface area contributed by atoms with E-state index in [1.54, 1.807) is 36.4 Å². The Morgan fingerprint density at radius 3 is 2.23 bits per heavy atom.